The number of likely N-dealkylation sites (tertiary alicyclic amines) is 1. The Kier molecular flexibility index (Phi) is 4.80. The Labute approximate surface area is 149 Å². The van der Waals surface area contributed by atoms with E-state index in [0.717, 1.165) is 24.5 Å². The highest BCUT2D eigenvalue weighted by molar-refractivity contribution is 6.30. The molecule has 132 valence electrons. The molecule has 3 rings (SSSR count). The lowest BCUT2D eigenvalue weighted by atomic mass is 10.1. The Bertz CT molecular complexity index is 584. The van der Waals surface area contributed by atoms with Crippen LogP contribution in [0.5, 0.6) is 0 Å². The molecular weight excluding hydrogens is 324 g/mol. The van der Waals surface area contributed by atoms with Gasteiger partial charge in [0.05, 0.1) is 0 Å². The molecule has 2 aliphatic rings. The van der Waals surface area contributed by atoms with Crippen LogP contribution >= 0.6 is 11.6 Å². The van der Waals surface area contributed by atoms with Gasteiger partial charge in [-0.2, -0.15) is 0 Å². The van der Waals surface area contributed by atoms with Crippen molar-refractivity contribution in [3.8, 4) is 0 Å². The Morgan fingerprint density at radius 2 is 1.88 bits per heavy atom. The van der Waals surface area contributed by atoms with Gasteiger partial charge in [0.25, 0.3) is 0 Å². The number of halogens is 1. The molecule has 0 radical (unpaired) electrons. The van der Waals surface area contributed by atoms with Gasteiger partial charge in [-0.25, -0.2) is 4.79 Å². The van der Waals surface area contributed by atoms with E-state index in [9.17, 15) is 4.79 Å². The van der Waals surface area contributed by atoms with Gasteiger partial charge >= 0.3 is 6.09 Å². The van der Waals surface area contributed by atoms with Gasteiger partial charge in [-0.15, -0.1) is 0 Å². The van der Waals surface area contributed by atoms with Gasteiger partial charge in [0.2, 0.25) is 0 Å². The molecule has 0 bridgehead atoms. The summed E-state index contributed by atoms with van der Waals surface area (Å²) in [5.74, 6) is 1.15. The molecule has 3 unspecified atom stereocenters. The van der Waals surface area contributed by atoms with Crippen molar-refractivity contribution in [3.63, 3.8) is 0 Å². The normalized spacial score (nSPS) is 26.9. The second kappa shape index (κ2) is 6.57. The van der Waals surface area contributed by atoms with Crippen LogP contribution in [0.1, 0.15) is 33.3 Å². The zero-order chi connectivity index (χ0) is 17.5. The van der Waals surface area contributed by atoms with Gasteiger partial charge in [0.15, 0.2) is 0 Å². The molecule has 2 fully saturated rings. The minimum absolute atomic E-state index is 0.178. The van der Waals surface area contributed by atoms with Crippen LogP contribution < -0.4 is 5.32 Å². The van der Waals surface area contributed by atoms with E-state index in [-0.39, 0.29) is 6.09 Å². The molecule has 1 saturated carbocycles. The summed E-state index contributed by atoms with van der Waals surface area (Å²) in [6, 6.07) is 8.99. The number of ether oxygens (including phenoxy) is 1. The van der Waals surface area contributed by atoms with Crippen LogP contribution in [0.4, 0.5) is 4.79 Å². The Morgan fingerprint density at radius 3 is 2.42 bits per heavy atom. The van der Waals surface area contributed by atoms with Crippen LogP contribution in [0, 0.1) is 11.8 Å². The summed E-state index contributed by atoms with van der Waals surface area (Å²) in [5.41, 5.74) is 0.870. The van der Waals surface area contributed by atoms with Crippen molar-refractivity contribution < 1.29 is 9.53 Å². The first-order valence-corrected chi connectivity index (χ1v) is 9.09. The lowest BCUT2D eigenvalue weighted by Crippen LogP contribution is -2.41. The van der Waals surface area contributed by atoms with Crippen LogP contribution in [0.15, 0.2) is 24.3 Å². The molecule has 1 saturated heterocycles. The Morgan fingerprint density at radius 1 is 1.29 bits per heavy atom. The minimum Gasteiger partial charge on any atom is -0.444 e. The maximum atomic E-state index is 12.1. The van der Waals surface area contributed by atoms with E-state index in [4.69, 9.17) is 16.3 Å². The van der Waals surface area contributed by atoms with Gasteiger partial charge in [0.1, 0.15) is 5.60 Å². The summed E-state index contributed by atoms with van der Waals surface area (Å²) in [7, 11) is 0. The molecule has 0 spiro atoms. The molecule has 3 atom stereocenters. The number of rotatable bonds is 4. The number of amides is 1. The SMILES string of the molecule is CC(Cc1ccc(Cl)cc1)NC1C2CN(C(=O)OC(C)(C)C)CC21. The van der Waals surface area contributed by atoms with Crippen LogP contribution in [0.3, 0.4) is 0 Å². The molecular formula is C19H27ClN2O2. The van der Waals surface area contributed by atoms with Crippen molar-refractivity contribution in [2.45, 2.75) is 51.8 Å². The van der Waals surface area contributed by atoms with Crippen molar-refractivity contribution >= 4 is 17.7 Å². The van der Waals surface area contributed by atoms with E-state index >= 15 is 0 Å². The van der Waals surface area contributed by atoms with Crippen LogP contribution in [-0.2, 0) is 11.2 Å². The van der Waals surface area contributed by atoms with Crippen molar-refractivity contribution in [1.29, 1.82) is 0 Å². The van der Waals surface area contributed by atoms with Crippen molar-refractivity contribution in [2.75, 3.05) is 13.1 Å². The molecule has 1 amide bonds. The van der Waals surface area contributed by atoms with E-state index in [2.05, 4.69) is 24.4 Å². The molecule has 1 aliphatic carbocycles. The average molecular weight is 351 g/mol. The maximum absolute atomic E-state index is 12.1. The average Bonchev–Trinajstić information content (AvgIpc) is 2.92. The van der Waals surface area contributed by atoms with Crippen LogP contribution in [0.25, 0.3) is 0 Å². The number of benzene rings is 1. The molecule has 24 heavy (non-hydrogen) atoms. The van der Waals surface area contributed by atoms with Crippen LogP contribution in [-0.4, -0.2) is 41.8 Å². The topological polar surface area (TPSA) is 41.6 Å². The fourth-order valence-electron chi connectivity index (χ4n) is 3.61. The fraction of sp³-hybridized carbons (Fsp3) is 0.632. The number of nitrogens with one attached hydrogen (secondary N) is 1. The number of piperidine rings is 1. The highest BCUT2D eigenvalue weighted by Crippen LogP contribution is 2.46. The second-order valence-corrected chi connectivity index (χ2v) is 8.57. The number of hydrogen-bond donors (Lipinski definition) is 1. The fourth-order valence-corrected chi connectivity index (χ4v) is 3.74. The third-order valence-electron chi connectivity index (χ3n) is 4.78. The summed E-state index contributed by atoms with van der Waals surface area (Å²) >= 11 is 5.93. The van der Waals surface area contributed by atoms with E-state index in [1.54, 1.807) is 0 Å². The van der Waals surface area contributed by atoms with Crippen molar-refractivity contribution in [3.05, 3.63) is 34.9 Å². The number of carbonyl (C=O) groups is 1. The van der Waals surface area contributed by atoms with Gasteiger partial charge < -0.3 is 15.0 Å². The summed E-state index contributed by atoms with van der Waals surface area (Å²) < 4.78 is 5.45. The molecule has 0 aromatic heterocycles. The first-order chi connectivity index (χ1) is 11.2. The predicted octanol–water partition coefficient (Wildman–Crippen LogP) is 3.73. The number of carbonyl (C=O) groups excluding carboxylic acids is 1. The number of hydrogen-bond acceptors (Lipinski definition) is 3. The summed E-state index contributed by atoms with van der Waals surface area (Å²) in [6.45, 7) is 9.56. The Balaban J connectivity index is 1.43. The second-order valence-electron chi connectivity index (χ2n) is 8.14. The van der Waals surface area contributed by atoms with E-state index < -0.39 is 5.60 Å². The summed E-state index contributed by atoms with van der Waals surface area (Å²) in [6.07, 6.45) is 0.811. The Hall–Kier alpha value is -1.26. The molecule has 1 heterocycles. The predicted molar refractivity (Wildman–Crippen MR) is 96.3 cm³/mol. The molecule has 1 aromatic rings. The number of nitrogens with zero attached hydrogens (tertiary/aromatic N) is 1. The van der Waals surface area contributed by atoms with Gasteiger partial charge in [-0.1, -0.05) is 23.7 Å². The third-order valence-corrected chi connectivity index (χ3v) is 5.03. The zero-order valence-corrected chi connectivity index (χ0v) is 15.6. The highest BCUT2D eigenvalue weighted by atomic mass is 35.5. The molecule has 1 N–H and O–H groups in total. The highest BCUT2D eigenvalue weighted by Gasteiger charge is 2.57. The van der Waals surface area contributed by atoms with E-state index in [1.807, 2.05) is 37.8 Å². The maximum Gasteiger partial charge on any atom is 0.410 e. The van der Waals surface area contributed by atoms with Crippen molar-refractivity contribution in [2.24, 2.45) is 11.8 Å². The van der Waals surface area contributed by atoms with E-state index in [1.165, 1.54) is 5.56 Å². The molecule has 4 nitrogen and oxygen atoms in total. The lowest BCUT2D eigenvalue weighted by Gasteiger charge is -2.26. The molecule has 1 aromatic carbocycles. The zero-order valence-electron chi connectivity index (χ0n) is 14.9. The monoisotopic (exact) mass is 350 g/mol. The standard InChI is InChI=1S/C19H27ClN2O2/c1-12(9-13-5-7-14(20)8-6-13)21-17-15-10-22(11-16(15)17)18(23)24-19(2,3)4/h5-8,12,15-17,21H,9-11H2,1-4H3. The van der Waals surface area contributed by atoms with Crippen LogP contribution in [0.2, 0.25) is 5.02 Å². The minimum atomic E-state index is -0.422. The van der Waals surface area contributed by atoms with Gasteiger partial charge in [0, 0.05) is 30.2 Å². The van der Waals surface area contributed by atoms with E-state index in [0.29, 0.717) is 23.9 Å². The van der Waals surface area contributed by atoms with Crippen molar-refractivity contribution in [1.82, 2.24) is 10.2 Å². The quantitative estimate of drug-likeness (QED) is 0.899. The molecule has 1 aliphatic heterocycles. The third kappa shape index (κ3) is 4.22. The first kappa shape index (κ1) is 17.6. The smallest absolute Gasteiger partial charge is 0.410 e. The first-order valence-electron chi connectivity index (χ1n) is 8.71. The van der Waals surface area contributed by atoms with Gasteiger partial charge in [-0.3, -0.25) is 0 Å². The lowest BCUT2D eigenvalue weighted by molar-refractivity contribution is 0.0269. The summed E-state index contributed by atoms with van der Waals surface area (Å²) in [5, 5.41) is 4.49. The van der Waals surface area contributed by atoms with Gasteiger partial charge in [-0.05, 0) is 63.6 Å². The molecule has 5 heteroatoms. The number of fused-ring (bicyclic) bond motifs is 1. The largest absolute Gasteiger partial charge is 0.444 e. The summed E-state index contributed by atoms with van der Waals surface area (Å²) in [4.78, 5) is 13.9.